The Hall–Kier alpha value is -2.92. The van der Waals surface area contributed by atoms with Gasteiger partial charge in [0, 0.05) is 11.8 Å². The van der Waals surface area contributed by atoms with Crippen molar-refractivity contribution in [2.24, 2.45) is 0 Å². The van der Waals surface area contributed by atoms with Crippen LogP contribution < -0.4 is 5.32 Å². The van der Waals surface area contributed by atoms with Gasteiger partial charge in [-0.25, -0.2) is 0 Å². The number of amides is 1. The highest BCUT2D eigenvalue weighted by Crippen LogP contribution is 2.44. The molecule has 162 valence electrons. The van der Waals surface area contributed by atoms with Crippen molar-refractivity contribution >= 4 is 22.8 Å². The number of hydrogen-bond donors (Lipinski definition) is 2. The second-order valence-corrected chi connectivity index (χ2v) is 7.93. The van der Waals surface area contributed by atoms with Gasteiger partial charge in [-0.2, -0.15) is 14.4 Å². The Morgan fingerprint density at radius 3 is 2.68 bits per heavy atom. The maximum Gasteiger partial charge on any atom is 0.312 e. The quantitative estimate of drug-likeness (QED) is 0.614. The lowest BCUT2D eigenvalue weighted by atomic mass is 10.1. The van der Waals surface area contributed by atoms with Crippen molar-refractivity contribution in [1.29, 1.82) is 0 Å². The lowest BCUT2D eigenvalue weighted by Gasteiger charge is -2.24. The molecule has 0 aliphatic carbocycles. The fourth-order valence-corrected chi connectivity index (χ4v) is 4.11. The molecular formula is C21H21FN4O5. The number of fused-ring (bicyclic) bond motifs is 2. The number of rotatable bonds is 4. The number of carbonyl (C=O) groups excluding carboxylic acids is 1. The Bertz CT molecular complexity index is 1140. The third-order valence-corrected chi connectivity index (χ3v) is 5.39. The van der Waals surface area contributed by atoms with E-state index in [1.54, 1.807) is 61.0 Å². The van der Waals surface area contributed by atoms with Crippen LogP contribution in [0.4, 0.5) is 10.2 Å². The maximum absolute atomic E-state index is 14.3. The second-order valence-electron chi connectivity index (χ2n) is 7.93. The van der Waals surface area contributed by atoms with E-state index in [0.717, 1.165) is 0 Å². The first-order chi connectivity index (χ1) is 14.9. The van der Waals surface area contributed by atoms with Crippen LogP contribution in [0.2, 0.25) is 0 Å². The highest BCUT2D eigenvalue weighted by molar-refractivity contribution is 6.07. The third kappa shape index (κ3) is 3.47. The Kier molecular flexibility index (Phi) is 4.74. The van der Waals surface area contributed by atoms with Gasteiger partial charge in [-0.1, -0.05) is 18.2 Å². The van der Waals surface area contributed by atoms with Gasteiger partial charge in [-0.15, -0.1) is 0 Å². The molecule has 1 amide bonds. The number of aliphatic hydroxyl groups is 1. The summed E-state index contributed by atoms with van der Waals surface area (Å²) in [6.07, 6.45) is -1.64. The first kappa shape index (κ1) is 20.0. The summed E-state index contributed by atoms with van der Waals surface area (Å²) in [6, 6.07) is 10.2. The summed E-state index contributed by atoms with van der Waals surface area (Å²) in [4.78, 5) is 20.2. The number of halogens is 1. The third-order valence-electron chi connectivity index (χ3n) is 5.39. The standard InChI is InChI=1S/C21H21FN4O5/c1-21(2)30-14-13(10-27)29-19(15(14)31-21)26-9-8-12-16(24-20(22)25-17(12)26)23-18(28)11-6-4-3-5-7-11/h3-9,13-15,19,27H,10H2,1-2H3,(H,23,24,25,28)/t13-,14-,15-,19-/m1/s1. The molecular weight excluding hydrogens is 407 g/mol. The molecule has 1 aromatic carbocycles. The minimum Gasteiger partial charge on any atom is -0.394 e. The predicted octanol–water partition coefficient (Wildman–Crippen LogP) is 2.23. The summed E-state index contributed by atoms with van der Waals surface area (Å²) in [7, 11) is 0. The smallest absolute Gasteiger partial charge is 0.312 e. The van der Waals surface area contributed by atoms with E-state index in [0.29, 0.717) is 10.9 Å². The molecule has 2 aliphatic rings. The van der Waals surface area contributed by atoms with Gasteiger partial charge in [0.25, 0.3) is 5.91 Å². The normalized spacial score (nSPS) is 26.8. The molecule has 4 heterocycles. The summed E-state index contributed by atoms with van der Waals surface area (Å²) in [6.45, 7) is 3.31. The van der Waals surface area contributed by atoms with Crippen molar-refractivity contribution in [3.63, 3.8) is 0 Å². The molecule has 10 heteroatoms. The molecule has 2 saturated heterocycles. The van der Waals surface area contributed by atoms with Crippen LogP contribution in [0.15, 0.2) is 42.6 Å². The SMILES string of the molecule is CC1(C)O[C@@H]2[C@H](O1)[C@@H](CO)O[C@H]2n1ccc2c(NC(=O)c3ccccc3)nc(F)nc21. The van der Waals surface area contributed by atoms with Crippen LogP contribution in [0.5, 0.6) is 0 Å². The van der Waals surface area contributed by atoms with Crippen molar-refractivity contribution in [1.82, 2.24) is 14.5 Å². The number of anilines is 1. The fourth-order valence-electron chi connectivity index (χ4n) is 4.11. The van der Waals surface area contributed by atoms with Crippen molar-refractivity contribution in [3.8, 4) is 0 Å². The van der Waals surface area contributed by atoms with E-state index in [-0.39, 0.29) is 18.1 Å². The molecule has 3 aromatic rings. The Morgan fingerprint density at radius 2 is 1.94 bits per heavy atom. The van der Waals surface area contributed by atoms with Gasteiger partial charge in [-0.05, 0) is 32.0 Å². The highest BCUT2D eigenvalue weighted by Gasteiger charge is 2.55. The van der Waals surface area contributed by atoms with Gasteiger partial charge in [-0.3, -0.25) is 4.79 Å². The van der Waals surface area contributed by atoms with E-state index in [9.17, 15) is 14.3 Å². The predicted molar refractivity (Wildman–Crippen MR) is 107 cm³/mol. The van der Waals surface area contributed by atoms with Crippen molar-refractivity contribution in [2.75, 3.05) is 11.9 Å². The summed E-state index contributed by atoms with van der Waals surface area (Å²) in [5, 5.41) is 12.8. The van der Waals surface area contributed by atoms with Crippen LogP contribution in [0, 0.1) is 6.08 Å². The lowest BCUT2D eigenvalue weighted by Crippen LogP contribution is -2.31. The van der Waals surface area contributed by atoms with Crippen molar-refractivity contribution < 1.29 is 28.5 Å². The number of aliphatic hydroxyl groups excluding tert-OH is 1. The first-order valence-corrected chi connectivity index (χ1v) is 9.89. The van der Waals surface area contributed by atoms with E-state index < -0.39 is 42.3 Å². The number of carbonyl (C=O) groups is 1. The minimum absolute atomic E-state index is 0.0484. The van der Waals surface area contributed by atoms with E-state index in [1.165, 1.54) is 0 Å². The molecule has 31 heavy (non-hydrogen) atoms. The van der Waals surface area contributed by atoms with E-state index in [1.807, 2.05) is 0 Å². The van der Waals surface area contributed by atoms with Crippen LogP contribution in [0.3, 0.4) is 0 Å². The molecule has 0 unspecified atom stereocenters. The summed E-state index contributed by atoms with van der Waals surface area (Å²) in [5.41, 5.74) is 0.645. The number of aromatic nitrogens is 3. The average Bonchev–Trinajstić information content (AvgIpc) is 3.39. The molecule has 0 bridgehead atoms. The van der Waals surface area contributed by atoms with Crippen molar-refractivity contribution in [3.05, 3.63) is 54.2 Å². The van der Waals surface area contributed by atoms with Gasteiger partial charge in [0.15, 0.2) is 17.7 Å². The number of nitrogens with zero attached hydrogens (tertiary/aromatic N) is 3. The highest BCUT2D eigenvalue weighted by atomic mass is 19.1. The lowest BCUT2D eigenvalue weighted by molar-refractivity contribution is -0.199. The van der Waals surface area contributed by atoms with Crippen LogP contribution >= 0.6 is 0 Å². The van der Waals surface area contributed by atoms with Gasteiger partial charge >= 0.3 is 6.08 Å². The molecule has 2 aliphatic heterocycles. The molecule has 0 saturated carbocycles. The molecule has 4 atom stereocenters. The van der Waals surface area contributed by atoms with Crippen LogP contribution in [-0.2, 0) is 14.2 Å². The van der Waals surface area contributed by atoms with Gasteiger partial charge < -0.3 is 29.2 Å². The maximum atomic E-state index is 14.3. The molecule has 5 rings (SSSR count). The van der Waals surface area contributed by atoms with Crippen LogP contribution in [0.1, 0.15) is 30.4 Å². The fraction of sp³-hybridized carbons (Fsp3) is 0.381. The molecule has 2 aromatic heterocycles. The van der Waals surface area contributed by atoms with Gasteiger partial charge in [0.1, 0.15) is 24.1 Å². The van der Waals surface area contributed by atoms with Crippen molar-refractivity contribution in [2.45, 2.75) is 44.2 Å². The summed E-state index contributed by atoms with van der Waals surface area (Å²) < 4.78 is 33.7. The summed E-state index contributed by atoms with van der Waals surface area (Å²) >= 11 is 0. The zero-order valence-corrected chi connectivity index (χ0v) is 16.9. The summed E-state index contributed by atoms with van der Waals surface area (Å²) in [5.74, 6) is -1.21. The Balaban J connectivity index is 1.51. The minimum atomic E-state index is -0.993. The molecule has 9 nitrogen and oxygen atoms in total. The number of benzene rings is 1. The Labute approximate surface area is 176 Å². The van der Waals surface area contributed by atoms with Gasteiger partial charge in [0.2, 0.25) is 0 Å². The molecule has 2 fully saturated rings. The largest absolute Gasteiger partial charge is 0.394 e. The van der Waals surface area contributed by atoms with Gasteiger partial charge in [0.05, 0.1) is 12.0 Å². The average molecular weight is 428 g/mol. The van der Waals surface area contributed by atoms with Crippen LogP contribution in [-0.4, -0.2) is 56.3 Å². The zero-order valence-electron chi connectivity index (χ0n) is 16.9. The first-order valence-electron chi connectivity index (χ1n) is 9.89. The van der Waals surface area contributed by atoms with E-state index >= 15 is 0 Å². The number of ether oxygens (including phenoxy) is 3. The zero-order chi connectivity index (χ0) is 21.8. The molecule has 0 spiro atoms. The Morgan fingerprint density at radius 1 is 1.19 bits per heavy atom. The van der Waals surface area contributed by atoms with Crippen LogP contribution in [0.25, 0.3) is 11.0 Å². The van der Waals surface area contributed by atoms with E-state index in [4.69, 9.17) is 14.2 Å². The second kappa shape index (κ2) is 7.34. The number of nitrogens with one attached hydrogen (secondary N) is 1. The monoisotopic (exact) mass is 428 g/mol. The molecule has 0 radical (unpaired) electrons. The topological polar surface area (TPSA) is 108 Å². The van der Waals surface area contributed by atoms with E-state index in [2.05, 4.69) is 15.3 Å². The molecule has 2 N–H and O–H groups in total. The number of hydrogen-bond acceptors (Lipinski definition) is 7.